The first-order valence-corrected chi connectivity index (χ1v) is 7.17. The maximum Gasteiger partial charge on any atom is 0.0693 e. The Morgan fingerprint density at radius 3 is 2.80 bits per heavy atom. The predicted octanol–water partition coefficient (Wildman–Crippen LogP) is 3.05. The number of hydrogen-bond donors (Lipinski definition) is 0. The summed E-state index contributed by atoms with van der Waals surface area (Å²) >= 11 is 0. The summed E-state index contributed by atoms with van der Waals surface area (Å²) in [4.78, 5) is 0. The van der Waals surface area contributed by atoms with Crippen molar-refractivity contribution in [2.24, 2.45) is 12.5 Å². The van der Waals surface area contributed by atoms with Crippen LogP contribution in [0.4, 0.5) is 0 Å². The fraction of sp³-hybridized carbons (Fsp3) is 0.412. The number of hydrogen-bond acceptors (Lipinski definition) is 2. The van der Waals surface area contributed by atoms with Crippen molar-refractivity contribution in [1.29, 1.82) is 5.26 Å². The molecule has 1 atom stereocenters. The summed E-state index contributed by atoms with van der Waals surface area (Å²) in [6.07, 6.45) is 6.54. The van der Waals surface area contributed by atoms with E-state index in [1.165, 1.54) is 16.8 Å². The summed E-state index contributed by atoms with van der Waals surface area (Å²) in [6, 6.07) is 13.2. The summed E-state index contributed by atoms with van der Waals surface area (Å²) in [7, 11) is 1.96. The van der Waals surface area contributed by atoms with Crippen molar-refractivity contribution in [3.63, 3.8) is 0 Å². The van der Waals surface area contributed by atoms with Gasteiger partial charge in [-0.3, -0.25) is 4.68 Å². The van der Waals surface area contributed by atoms with Gasteiger partial charge in [-0.05, 0) is 49.3 Å². The predicted molar refractivity (Wildman–Crippen MR) is 78.0 cm³/mol. The Morgan fingerprint density at radius 1 is 1.30 bits per heavy atom. The minimum absolute atomic E-state index is 0.210. The third kappa shape index (κ3) is 2.34. The molecule has 0 amide bonds. The number of nitrogens with zero attached hydrogens (tertiary/aromatic N) is 3. The van der Waals surface area contributed by atoms with E-state index >= 15 is 0 Å². The number of benzene rings is 1. The van der Waals surface area contributed by atoms with E-state index in [-0.39, 0.29) is 5.41 Å². The molecule has 0 saturated carbocycles. The van der Waals surface area contributed by atoms with Crippen molar-refractivity contribution in [1.82, 2.24) is 9.78 Å². The summed E-state index contributed by atoms with van der Waals surface area (Å²) in [6.45, 7) is 0. The monoisotopic (exact) mass is 265 g/mol. The molecule has 1 aliphatic rings. The second kappa shape index (κ2) is 5.13. The van der Waals surface area contributed by atoms with Crippen LogP contribution in [0.15, 0.2) is 36.5 Å². The second-order valence-electron chi connectivity index (χ2n) is 5.78. The number of nitriles is 1. The highest BCUT2D eigenvalue weighted by Crippen LogP contribution is 2.38. The van der Waals surface area contributed by atoms with Gasteiger partial charge >= 0.3 is 0 Å². The zero-order chi connectivity index (χ0) is 14.0. The number of rotatable bonds is 3. The first-order valence-electron chi connectivity index (χ1n) is 7.17. The Balaban J connectivity index is 1.77. The Hall–Kier alpha value is -2.08. The van der Waals surface area contributed by atoms with Crippen molar-refractivity contribution in [2.45, 2.75) is 32.1 Å². The highest BCUT2D eigenvalue weighted by Gasteiger charge is 2.34. The van der Waals surface area contributed by atoms with E-state index in [2.05, 4.69) is 35.4 Å². The van der Waals surface area contributed by atoms with E-state index in [1.54, 1.807) is 0 Å². The van der Waals surface area contributed by atoms with Crippen molar-refractivity contribution >= 4 is 0 Å². The van der Waals surface area contributed by atoms with E-state index in [9.17, 15) is 5.26 Å². The molecular weight excluding hydrogens is 246 g/mol. The minimum atomic E-state index is -0.210. The molecule has 0 fully saturated rings. The number of aromatic nitrogens is 2. The van der Waals surface area contributed by atoms with Crippen LogP contribution in [-0.4, -0.2) is 9.78 Å². The summed E-state index contributed by atoms with van der Waals surface area (Å²) in [5.41, 5.74) is 3.77. The van der Waals surface area contributed by atoms with Crippen LogP contribution < -0.4 is 0 Å². The largest absolute Gasteiger partial charge is 0.273 e. The fourth-order valence-corrected chi connectivity index (χ4v) is 3.18. The molecule has 0 spiro atoms. The SMILES string of the molecule is Cn1nccc1CCC1(C#N)CCc2ccccc2C1. The quantitative estimate of drug-likeness (QED) is 0.856. The van der Waals surface area contributed by atoms with Crippen LogP contribution in [0.3, 0.4) is 0 Å². The average molecular weight is 265 g/mol. The van der Waals surface area contributed by atoms with Gasteiger partial charge in [0.2, 0.25) is 0 Å². The molecule has 1 aliphatic carbocycles. The van der Waals surface area contributed by atoms with E-state index in [1.807, 2.05) is 24.0 Å². The lowest BCUT2D eigenvalue weighted by atomic mass is 9.70. The maximum atomic E-state index is 9.69. The molecule has 2 aromatic rings. The third-order valence-electron chi connectivity index (χ3n) is 4.54. The molecule has 3 heteroatoms. The van der Waals surface area contributed by atoms with Crippen molar-refractivity contribution in [3.8, 4) is 6.07 Å². The van der Waals surface area contributed by atoms with Gasteiger partial charge in [-0.2, -0.15) is 10.4 Å². The molecule has 3 rings (SSSR count). The Bertz CT molecular complexity index is 650. The molecule has 0 N–H and O–H groups in total. The summed E-state index contributed by atoms with van der Waals surface area (Å²) in [5.74, 6) is 0. The molecule has 0 aliphatic heterocycles. The number of aryl methyl sites for hydroxylation is 3. The standard InChI is InChI=1S/C17H19N3/c1-20-16(8-11-19-20)7-10-17(13-18)9-6-14-4-2-3-5-15(14)12-17/h2-5,8,11H,6-7,9-10,12H2,1H3. The smallest absolute Gasteiger partial charge is 0.0693 e. The molecule has 1 aromatic carbocycles. The number of fused-ring (bicyclic) bond motifs is 1. The van der Waals surface area contributed by atoms with Crippen LogP contribution in [0.25, 0.3) is 0 Å². The van der Waals surface area contributed by atoms with Gasteiger partial charge < -0.3 is 0 Å². The van der Waals surface area contributed by atoms with Gasteiger partial charge in [0.25, 0.3) is 0 Å². The van der Waals surface area contributed by atoms with E-state index < -0.39 is 0 Å². The van der Waals surface area contributed by atoms with Crippen molar-refractivity contribution in [2.75, 3.05) is 0 Å². The van der Waals surface area contributed by atoms with E-state index in [4.69, 9.17) is 0 Å². The van der Waals surface area contributed by atoms with Crippen LogP contribution >= 0.6 is 0 Å². The van der Waals surface area contributed by atoms with Gasteiger partial charge in [0.15, 0.2) is 0 Å². The third-order valence-corrected chi connectivity index (χ3v) is 4.54. The molecule has 3 nitrogen and oxygen atoms in total. The van der Waals surface area contributed by atoms with Gasteiger partial charge in [0.1, 0.15) is 0 Å². The molecule has 0 radical (unpaired) electrons. The Labute approximate surface area is 119 Å². The minimum Gasteiger partial charge on any atom is -0.273 e. The molecule has 102 valence electrons. The maximum absolute atomic E-state index is 9.69. The van der Waals surface area contributed by atoms with Gasteiger partial charge in [-0.1, -0.05) is 24.3 Å². The summed E-state index contributed by atoms with van der Waals surface area (Å²) < 4.78 is 1.90. The highest BCUT2D eigenvalue weighted by molar-refractivity contribution is 5.33. The van der Waals surface area contributed by atoms with Gasteiger partial charge in [-0.25, -0.2) is 0 Å². The topological polar surface area (TPSA) is 41.6 Å². The van der Waals surface area contributed by atoms with Gasteiger partial charge in [0.05, 0.1) is 11.5 Å². The van der Waals surface area contributed by atoms with Crippen molar-refractivity contribution < 1.29 is 0 Å². The average Bonchev–Trinajstić information content (AvgIpc) is 2.90. The molecular formula is C17H19N3. The molecule has 1 heterocycles. The molecule has 1 aromatic heterocycles. The van der Waals surface area contributed by atoms with E-state index in [0.717, 1.165) is 32.1 Å². The zero-order valence-electron chi connectivity index (χ0n) is 11.8. The van der Waals surface area contributed by atoms with Crippen LogP contribution in [-0.2, 0) is 26.3 Å². The first-order chi connectivity index (χ1) is 9.72. The molecule has 0 saturated heterocycles. The highest BCUT2D eigenvalue weighted by atomic mass is 15.2. The Morgan fingerprint density at radius 2 is 2.10 bits per heavy atom. The fourth-order valence-electron chi connectivity index (χ4n) is 3.18. The van der Waals surface area contributed by atoms with Crippen molar-refractivity contribution in [3.05, 3.63) is 53.3 Å². The lowest BCUT2D eigenvalue weighted by Gasteiger charge is -2.32. The van der Waals surface area contributed by atoms with E-state index in [0.29, 0.717) is 0 Å². The zero-order valence-corrected chi connectivity index (χ0v) is 11.8. The molecule has 20 heavy (non-hydrogen) atoms. The second-order valence-corrected chi connectivity index (χ2v) is 5.78. The van der Waals surface area contributed by atoms with Crippen LogP contribution in [0, 0.1) is 16.7 Å². The van der Waals surface area contributed by atoms with Gasteiger partial charge in [-0.15, -0.1) is 0 Å². The van der Waals surface area contributed by atoms with Gasteiger partial charge in [0, 0.05) is 18.9 Å². The Kier molecular flexibility index (Phi) is 3.31. The molecule has 1 unspecified atom stereocenters. The lowest BCUT2D eigenvalue weighted by molar-refractivity contribution is 0.313. The lowest BCUT2D eigenvalue weighted by Crippen LogP contribution is -2.28. The van der Waals surface area contributed by atoms with Crippen LogP contribution in [0.1, 0.15) is 29.7 Å². The van der Waals surface area contributed by atoms with Crippen LogP contribution in [0.5, 0.6) is 0 Å². The normalized spacial score (nSPS) is 21.2. The van der Waals surface area contributed by atoms with Crippen LogP contribution in [0.2, 0.25) is 0 Å². The summed E-state index contributed by atoms with van der Waals surface area (Å²) in [5, 5.41) is 13.9. The first kappa shape index (κ1) is 12.9. The molecule has 0 bridgehead atoms.